The zero-order chi connectivity index (χ0) is 14.8. The number of rotatable bonds is 5. The van der Waals surface area contributed by atoms with Crippen LogP contribution in [0.25, 0.3) is 0 Å². The number of amides is 1. The quantitative estimate of drug-likeness (QED) is 0.802. The first kappa shape index (κ1) is 15.4. The van der Waals surface area contributed by atoms with Crippen LogP contribution in [-0.2, 0) is 14.8 Å². The minimum Gasteiger partial charge on any atom is -0.478 e. The molecule has 0 aliphatic heterocycles. The van der Waals surface area contributed by atoms with Gasteiger partial charge in [-0.25, -0.2) is 13.2 Å². The highest BCUT2D eigenvalue weighted by atomic mass is 35.5. The number of primary amides is 1. The molecule has 19 heavy (non-hydrogen) atoms. The van der Waals surface area contributed by atoms with Crippen molar-refractivity contribution in [1.29, 1.82) is 0 Å². The predicted octanol–water partition coefficient (Wildman–Crippen LogP) is 0.144. The Bertz CT molecular complexity index is 629. The van der Waals surface area contributed by atoms with Gasteiger partial charge in [-0.05, 0) is 18.2 Å². The van der Waals surface area contributed by atoms with Crippen molar-refractivity contribution in [1.82, 2.24) is 4.31 Å². The lowest BCUT2D eigenvalue weighted by Gasteiger charge is -2.16. The van der Waals surface area contributed by atoms with Crippen LogP contribution in [0, 0.1) is 0 Å². The Morgan fingerprint density at radius 3 is 2.47 bits per heavy atom. The van der Waals surface area contributed by atoms with Crippen LogP contribution in [0.2, 0.25) is 5.02 Å². The van der Waals surface area contributed by atoms with E-state index in [-0.39, 0.29) is 10.6 Å². The topological polar surface area (TPSA) is 118 Å². The molecule has 1 aromatic rings. The van der Waals surface area contributed by atoms with E-state index in [4.69, 9.17) is 22.4 Å². The number of nitrogens with zero attached hydrogens (tertiary/aromatic N) is 1. The molecule has 0 aromatic heterocycles. The summed E-state index contributed by atoms with van der Waals surface area (Å²) < 4.78 is 24.9. The number of hydrogen-bond donors (Lipinski definition) is 2. The van der Waals surface area contributed by atoms with Gasteiger partial charge in [-0.1, -0.05) is 11.6 Å². The molecule has 1 aromatic carbocycles. The SMILES string of the molecule is CN(CC(N)=O)S(=O)(=O)c1cc(C(=O)O)ccc1Cl. The molecular formula is C10H11ClN2O5S. The summed E-state index contributed by atoms with van der Waals surface area (Å²) in [5.41, 5.74) is 4.69. The number of aromatic carboxylic acids is 1. The highest BCUT2D eigenvalue weighted by Crippen LogP contribution is 2.25. The van der Waals surface area contributed by atoms with Crippen molar-refractivity contribution in [3.63, 3.8) is 0 Å². The Hall–Kier alpha value is -1.64. The van der Waals surface area contributed by atoms with Crippen molar-refractivity contribution in [3.8, 4) is 0 Å². The van der Waals surface area contributed by atoms with Crippen molar-refractivity contribution >= 4 is 33.5 Å². The van der Waals surface area contributed by atoms with Crippen LogP contribution >= 0.6 is 11.6 Å². The number of carbonyl (C=O) groups is 2. The molecule has 0 bridgehead atoms. The van der Waals surface area contributed by atoms with Crippen LogP contribution in [0.1, 0.15) is 10.4 Å². The summed E-state index contributed by atoms with van der Waals surface area (Å²) in [6, 6.07) is 3.27. The Morgan fingerprint density at radius 2 is 2.00 bits per heavy atom. The first-order valence-electron chi connectivity index (χ1n) is 4.93. The van der Waals surface area contributed by atoms with Gasteiger partial charge in [0.15, 0.2) is 0 Å². The summed E-state index contributed by atoms with van der Waals surface area (Å²) in [6.07, 6.45) is 0. The van der Waals surface area contributed by atoms with Crippen molar-refractivity contribution in [3.05, 3.63) is 28.8 Å². The molecule has 104 valence electrons. The van der Waals surface area contributed by atoms with Gasteiger partial charge in [0.25, 0.3) is 0 Å². The van der Waals surface area contributed by atoms with Crippen LogP contribution < -0.4 is 5.73 Å². The van der Waals surface area contributed by atoms with E-state index in [0.29, 0.717) is 4.31 Å². The van der Waals surface area contributed by atoms with Crippen LogP contribution in [-0.4, -0.2) is 43.3 Å². The second-order valence-corrected chi connectivity index (χ2v) is 6.10. The standard InChI is InChI=1S/C10H11ClN2O5S/c1-13(5-9(12)14)19(17,18)8-4-6(10(15)16)2-3-7(8)11/h2-4H,5H2,1H3,(H2,12,14)(H,15,16). The molecule has 0 spiro atoms. The number of carboxylic acid groups (broad SMARTS) is 1. The molecule has 0 aliphatic rings. The third-order valence-electron chi connectivity index (χ3n) is 2.24. The third-order valence-corrected chi connectivity index (χ3v) is 4.53. The summed E-state index contributed by atoms with van der Waals surface area (Å²) in [4.78, 5) is 21.2. The highest BCUT2D eigenvalue weighted by Gasteiger charge is 2.25. The van der Waals surface area contributed by atoms with Gasteiger partial charge in [0, 0.05) is 7.05 Å². The summed E-state index contributed by atoms with van der Waals surface area (Å²) in [7, 11) is -2.94. The molecule has 0 atom stereocenters. The van der Waals surface area contributed by atoms with Crippen LogP contribution in [0.3, 0.4) is 0 Å². The van der Waals surface area contributed by atoms with E-state index in [1.807, 2.05) is 0 Å². The fourth-order valence-corrected chi connectivity index (χ4v) is 2.94. The maximum Gasteiger partial charge on any atom is 0.335 e. The Labute approximate surface area is 114 Å². The number of hydrogen-bond acceptors (Lipinski definition) is 4. The van der Waals surface area contributed by atoms with Crippen LogP contribution in [0.5, 0.6) is 0 Å². The minimum atomic E-state index is -4.08. The first-order chi connectivity index (χ1) is 8.66. The first-order valence-corrected chi connectivity index (χ1v) is 6.75. The molecule has 1 rings (SSSR count). The summed E-state index contributed by atoms with van der Waals surface area (Å²) in [5.74, 6) is -2.12. The average Bonchev–Trinajstić information content (AvgIpc) is 2.27. The zero-order valence-corrected chi connectivity index (χ0v) is 11.4. The molecule has 0 fully saturated rings. The molecule has 0 saturated carbocycles. The highest BCUT2D eigenvalue weighted by molar-refractivity contribution is 7.89. The average molecular weight is 307 g/mol. The summed E-state index contributed by atoms with van der Waals surface area (Å²) in [6.45, 7) is -0.532. The molecule has 0 heterocycles. The molecular weight excluding hydrogens is 296 g/mol. The van der Waals surface area contributed by atoms with Gasteiger partial charge in [0.05, 0.1) is 17.1 Å². The van der Waals surface area contributed by atoms with Crippen LogP contribution in [0.4, 0.5) is 0 Å². The summed E-state index contributed by atoms with van der Waals surface area (Å²) >= 11 is 5.75. The van der Waals surface area contributed by atoms with E-state index >= 15 is 0 Å². The van der Waals surface area contributed by atoms with E-state index in [1.165, 1.54) is 6.07 Å². The van der Waals surface area contributed by atoms with Crippen molar-refractivity contribution in [2.45, 2.75) is 4.90 Å². The van der Waals surface area contributed by atoms with Crippen molar-refractivity contribution < 1.29 is 23.1 Å². The minimum absolute atomic E-state index is 0.138. The maximum absolute atomic E-state index is 12.1. The Morgan fingerprint density at radius 1 is 1.42 bits per heavy atom. The lowest BCUT2D eigenvalue weighted by molar-refractivity contribution is -0.118. The molecule has 9 heteroatoms. The maximum atomic E-state index is 12.1. The van der Waals surface area contributed by atoms with E-state index in [9.17, 15) is 18.0 Å². The van der Waals surface area contributed by atoms with Crippen LogP contribution in [0.15, 0.2) is 23.1 Å². The number of carbonyl (C=O) groups excluding carboxylic acids is 1. The number of likely N-dealkylation sites (N-methyl/N-ethyl adjacent to an activating group) is 1. The number of halogens is 1. The Kier molecular flexibility index (Phi) is 4.51. The Balaban J connectivity index is 3.31. The fraction of sp³-hybridized carbons (Fsp3) is 0.200. The third kappa shape index (κ3) is 3.43. The van der Waals surface area contributed by atoms with E-state index in [2.05, 4.69) is 0 Å². The largest absolute Gasteiger partial charge is 0.478 e. The van der Waals surface area contributed by atoms with Gasteiger partial charge < -0.3 is 10.8 Å². The van der Waals surface area contributed by atoms with E-state index < -0.39 is 33.3 Å². The van der Waals surface area contributed by atoms with Gasteiger partial charge in [0.1, 0.15) is 4.90 Å². The normalized spacial score (nSPS) is 11.5. The number of carboxylic acids is 1. The molecule has 1 amide bonds. The van der Waals surface area contributed by atoms with E-state index in [0.717, 1.165) is 19.2 Å². The van der Waals surface area contributed by atoms with Gasteiger partial charge in [-0.3, -0.25) is 4.79 Å². The second kappa shape index (κ2) is 5.55. The van der Waals surface area contributed by atoms with Crippen molar-refractivity contribution in [2.75, 3.05) is 13.6 Å². The predicted molar refractivity (Wildman–Crippen MR) is 67.4 cm³/mol. The van der Waals surface area contributed by atoms with E-state index in [1.54, 1.807) is 0 Å². The number of nitrogens with two attached hydrogens (primary N) is 1. The molecule has 0 unspecified atom stereocenters. The molecule has 0 radical (unpaired) electrons. The van der Waals surface area contributed by atoms with Crippen molar-refractivity contribution in [2.24, 2.45) is 5.73 Å². The fourth-order valence-electron chi connectivity index (χ4n) is 1.31. The second-order valence-electron chi connectivity index (χ2n) is 3.68. The summed E-state index contributed by atoms with van der Waals surface area (Å²) in [5, 5.41) is 8.69. The van der Waals surface area contributed by atoms with Gasteiger partial charge in [-0.2, -0.15) is 4.31 Å². The van der Waals surface area contributed by atoms with Gasteiger partial charge in [-0.15, -0.1) is 0 Å². The van der Waals surface area contributed by atoms with Gasteiger partial charge >= 0.3 is 5.97 Å². The molecule has 0 saturated heterocycles. The van der Waals surface area contributed by atoms with Gasteiger partial charge in [0.2, 0.25) is 15.9 Å². The lowest BCUT2D eigenvalue weighted by Crippen LogP contribution is -2.35. The molecule has 3 N–H and O–H groups in total. The molecule has 0 aliphatic carbocycles. The molecule has 7 nitrogen and oxygen atoms in total. The monoisotopic (exact) mass is 306 g/mol. The number of benzene rings is 1. The lowest BCUT2D eigenvalue weighted by atomic mass is 10.2. The zero-order valence-electron chi connectivity index (χ0n) is 9.83. The smallest absolute Gasteiger partial charge is 0.335 e. The number of sulfonamides is 1.